The van der Waals surface area contributed by atoms with Crippen molar-refractivity contribution in [3.63, 3.8) is 0 Å². The summed E-state index contributed by atoms with van der Waals surface area (Å²) in [4.78, 5) is 12.1. The van der Waals surface area contributed by atoms with Gasteiger partial charge in [-0.25, -0.2) is 4.68 Å². The van der Waals surface area contributed by atoms with E-state index in [2.05, 4.69) is 23.3 Å². The largest absolute Gasteiger partial charge is 0.377 e. The van der Waals surface area contributed by atoms with Crippen LogP contribution in [0.1, 0.15) is 26.2 Å². The highest BCUT2D eigenvalue weighted by atomic mass is 35.5. The van der Waals surface area contributed by atoms with Crippen LogP contribution in [0.25, 0.3) is 0 Å². The quantitative estimate of drug-likeness (QED) is 0.849. The average Bonchev–Trinajstić information content (AvgIpc) is 2.26. The zero-order valence-corrected chi connectivity index (χ0v) is 11.1. The van der Waals surface area contributed by atoms with E-state index in [0.29, 0.717) is 16.6 Å². The fraction of sp³-hybridized carbons (Fsp3) is 0.538. The van der Waals surface area contributed by atoms with Crippen molar-refractivity contribution in [3.05, 3.63) is 21.6 Å². The smallest absolute Gasteiger partial charge is 0.292 e. The topological polar surface area (TPSA) is 46.9 Å². The number of rotatable bonds is 4. The van der Waals surface area contributed by atoms with Crippen molar-refractivity contribution in [1.29, 1.82) is 0 Å². The van der Waals surface area contributed by atoms with Gasteiger partial charge in [-0.05, 0) is 25.7 Å². The summed E-state index contributed by atoms with van der Waals surface area (Å²) in [6.07, 6.45) is 10.3. The van der Waals surface area contributed by atoms with E-state index in [4.69, 9.17) is 18.0 Å². The third-order valence-corrected chi connectivity index (χ3v) is 3.75. The number of nitrogens with one attached hydrogen (secondary N) is 1. The van der Waals surface area contributed by atoms with Crippen LogP contribution in [0.15, 0.2) is 11.0 Å². The van der Waals surface area contributed by atoms with Crippen LogP contribution in [0.5, 0.6) is 0 Å². The normalized spacial score (nSPS) is 16.7. The molecule has 1 N–H and O–H groups in total. The fourth-order valence-electron chi connectivity index (χ4n) is 2.08. The lowest BCUT2D eigenvalue weighted by molar-refractivity contribution is 0.285. The Balaban J connectivity index is 2.23. The maximum atomic E-state index is 12.1. The lowest BCUT2D eigenvalue weighted by Crippen LogP contribution is -2.35. The predicted molar refractivity (Wildman–Crippen MR) is 72.8 cm³/mol. The molecule has 0 radical (unpaired) electrons. The molecule has 1 unspecified atom stereocenters. The van der Waals surface area contributed by atoms with E-state index in [0.717, 1.165) is 0 Å². The first-order chi connectivity index (χ1) is 8.63. The summed E-state index contributed by atoms with van der Waals surface area (Å²) in [6.45, 7) is 2.23. The summed E-state index contributed by atoms with van der Waals surface area (Å²) in [5.41, 5.74) is 0.146. The van der Waals surface area contributed by atoms with Gasteiger partial charge in [0.25, 0.3) is 5.56 Å². The summed E-state index contributed by atoms with van der Waals surface area (Å²) in [5.74, 6) is 3.02. The molecule has 1 aromatic heterocycles. The molecule has 96 valence electrons. The molecule has 1 heterocycles. The maximum Gasteiger partial charge on any atom is 0.292 e. The number of anilines is 1. The molecule has 0 spiro atoms. The lowest BCUT2D eigenvalue weighted by atomic mass is 9.80. The molecule has 0 saturated heterocycles. The first kappa shape index (κ1) is 13.0. The Bertz CT molecular complexity index is 528. The van der Waals surface area contributed by atoms with Crippen LogP contribution in [0.4, 0.5) is 5.69 Å². The molecule has 4 nitrogen and oxygen atoms in total. The van der Waals surface area contributed by atoms with E-state index in [9.17, 15) is 4.79 Å². The molecule has 1 aliphatic rings. The van der Waals surface area contributed by atoms with Crippen molar-refractivity contribution in [2.75, 3.05) is 5.32 Å². The van der Waals surface area contributed by atoms with Gasteiger partial charge in [-0.1, -0.05) is 23.9 Å². The molecular formula is C13H16ClN3O. The number of terminal acetylenes is 1. The van der Waals surface area contributed by atoms with Crippen molar-refractivity contribution in [2.24, 2.45) is 5.92 Å². The molecule has 2 rings (SSSR count). The van der Waals surface area contributed by atoms with E-state index in [-0.39, 0.29) is 18.1 Å². The SMILES string of the molecule is C#CCn1ncc(Cl)c(NC(C)C2CCC2)c1=O. The van der Waals surface area contributed by atoms with Gasteiger partial charge in [0.15, 0.2) is 0 Å². The summed E-state index contributed by atoms with van der Waals surface area (Å²) in [7, 11) is 0. The number of halogens is 1. The van der Waals surface area contributed by atoms with Crippen LogP contribution < -0.4 is 10.9 Å². The molecule has 1 fully saturated rings. The monoisotopic (exact) mass is 265 g/mol. The Labute approximate surface area is 111 Å². The van der Waals surface area contributed by atoms with Crippen LogP contribution in [0, 0.1) is 18.3 Å². The van der Waals surface area contributed by atoms with Gasteiger partial charge in [-0.3, -0.25) is 4.79 Å². The first-order valence-electron chi connectivity index (χ1n) is 6.09. The van der Waals surface area contributed by atoms with Gasteiger partial charge in [0.2, 0.25) is 0 Å². The van der Waals surface area contributed by atoms with E-state index in [1.165, 1.54) is 30.1 Å². The van der Waals surface area contributed by atoms with Crippen LogP contribution in [-0.2, 0) is 6.54 Å². The van der Waals surface area contributed by atoms with Gasteiger partial charge in [0.05, 0.1) is 11.2 Å². The molecule has 1 atom stereocenters. The summed E-state index contributed by atoms with van der Waals surface area (Å²) in [6, 6.07) is 0.241. The van der Waals surface area contributed by atoms with Crippen LogP contribution in [0.3, 0.4) is 0 Å². The van der Waals surface area contributed by atoms with Crippen molar-refractivity contribution in [2.45, 2.75) is 38.8 Å². The second kappa shape index (κ2) is 5.45. The van der Waals surface area contributed by atoms with E-state index < -0.39 is 0 Å². The van der Waals surface area contributed by atoms with Gasteiger partial charge in [0.1, 0.15) is 12.2 Å². The molecule has 5 heteroatoms. The number of nitrogens with zero attached hydrogens (tertiary/aromatic N) is 2. The lowest BCUT2D eigenvalue weighted by Gasteiger charge is -2.32. The zero-order chi connectivity index (χ0) is 13.1. The van der Waals surface area contributed by atoms with Gasteiger partial charge < -0.3 is 5.32 Å². The molecule has 0 bridgehead atoms. The summed E-state index contributed by atoms with van der Waals surface area (Å²) < 4.78 is 1.24. The van der Waals surface area contributed by atoms with Crippen LogP contribution in [-0.4, -0.2) is 15.8 Å². The van der Waals surface area contributed by atoms with Crippen molar-refractivity contribution in [1.82, 2.24) is 9.78 Å². The highest BCUT2D eigenvalue weighted by Gasteiger charge is 2.25. The highest BCUT2D eigenvalue weighted by Crippen LogP contribution is 2.31. The minimum absolute atomic E-state index is 0.155. The summed E-state index contributed by atoms with van der Waals surface area (Å²) >= 11 is 6.02. The van der Waals surface area contributed by atoms with E-state index >= 15 is 0 Å². The number of hydrogen-bond donors (Lipinski definition) is 1. The van der Waals surface area contributed by atoms with E-state index in [1.807, 2.05) is 0 Å². The number of aromatic nitrogens is 2. The van der Waals surface area contributed by atoms with Crippen molar-refractivity contribution >= 4 is 17.3 Å². The molecular weight excluding hydrogens is 250 g/mol. The van der Waals surface area contributed by atoms with Crippen molar-refractivity contribution in [3.8, 4) is 12.3 Å². The van der Waals surface area contributed by atoms with E-state index in [1.54, 1.807) is 0 Å². The Morgan fingerprint density at radius 2 is 2.44 bits per heavy atom. The standard InChI is InChI=1S/C13H16ClN3O/c1-3-7-17-13(18)12(11(14)8-15-17)16-9(2)10-5-4-6-10/h1,8-10,16H,4-7H2,2H3. The Morgan fingerprint density at radius 3 is 3.00 bits per heavy atom. The third-order valence-electron chi connectivity index (χ3n) is 3.47. The third kappa shape index (κ3) is 2.51. The van der Waals surface area contributed by atoms with Gasteiger partial charge >= 0.3 is 0 Å². The van der Waals surface area contributed by atoms with Crippen LogP contribution >= 0.6 is 11.6 Å². The molecule has 1 saturated carbocycles. The molecule has 0 aromatic carbocycles. The minimum atomic E-state index is -0.258. The zero-order valence-electron chi connectivity index (χ0n) is 10.3. The second-order valence-corrected chi connectivity index (χ2v) is 5.07. The Morgan fingerprint density at radius 1 is 1.72 bits per heavy atom. The second-order valence-electron chi connectivity index (χ2n) is 4.66. The molecule has 1 aliphatic carbocycles. The predicted octanol–water partition coefficient (Wildman–Crippen LogP) is 2.13. The molecule has 0 amide bonds. The molecule has 18 heavy (non-hydrogen) atoms. The summed E-state index contributed by atoms with van der Waals surface area (Å²) in [5, 5.41) is 7.46. The molecule has 0 aliphatic heterocycles. The van der Waals surface area contributed by atoms with Crippen LogP contribution in [0.2, 0.25) is 5.02 Å². The minimum Gasteiger partial charge on any atom is -0.377 e. The average molecular weight is 266 g/mol. The highest BCUT2D eigenvalue weighted by molar-refractivity contribution is 6.33. The number of hydrogen-bond acceptors (Lipinski definition) is 3. The van der Waals surface area contributed by atoms with Gasteiger partial charge in [-0.15, -0.1) is 6.42 Å². The van der Waals surface area contributed by atoms with Crippen molar-refractivity contribution < 1.29 is 0 Å². The Kier molecular flexibility index (Phi) is 3.93. The Hall–Kier alpha value is -1.47. The molecule has 1 aromatic rings. The van der Waals surface area contributed by atoms with Gasteiger partial charge in [-0.2, -0.15) is 5.10 Å². The maximum absolute atomic E-state index is 12.1. The van der Waals surface area contributed by atoms with Gasteiger partial charge in [0, 0.05) is 6.04 Å². The fourth-order valence-corrected chi connectivity index (χ4v) is 2.26. The first-order valence-corrected chi connectivity index (χ1v) is 6.47.